The Hall–Kier alpha value is -3.16. The largest absolute Gasteiger partial charge is 0.433 e. The Labute approximate surface area is 161 Å². The second-order valence-electron chi connectivity index (χ2n) is 6.43. The molecule has 0 aromatic heterocycles. The maximum Gasteiger partial charge on any atom is 0.387 e. The molecule has 0 radical (unpaired) electrons. The van der Waals surface area contributed by atoms with Crippen LogP contribution in [-0.4, -0.2) is 31.0 Å². The van der Waals surface area contributed by atoms with Crippen LogP contribution in [0.2, 0.25) is 0 Å². The predicted molar refractivity (Wildman–Crippen MR) is 103 cm³/mol. The number of nitrogens with one attached hydrogen (secondary N) is 2. The quantitative estimate of drug-likeness (QED) is 0.755. The van der Waals surface area contributed by atoms with Crippen LogP contribution in [0.4, 0.5) is 25.8 Å². The molecule has 1 atom stereocenters. The molecular formula is C20H21F2N3O3. The second-order valence-corrected chi connectivity index (χ2v) is 6.43. The van der Waals surface area contributed by atoms with Crippen molar-refractivity contribution in [2.75, 3.05) is 22.1 Å². The van der Waals surface area contributed by atoms with Gasteiger partial charge in [0.25, 0.3) is 0 Å². The minimum absolute atomic E-state index is 0.0820. The second kappa shape index (κ2) is 8.69. The van der Waals surface area contributed by atoms with E-state index >= 15 is 0 Å². The van der Waals surface area contributed by atoms with Crippen LogP contribution in [0.15, 0.2) is 48.5 Å². The Morgan fingerprint density at radius 3 is 2.68 bits per heavy atom. The van der Waals surface area contributed by atoms with Gasteiger partial charge in [-0.3, -0.25) is 9.59 Å². The summed E-state index contributed by atoms with van der Waals surface area (Å²) in [6.07, 6.45) is 1.37. The topological polar surface area (TPSA) is 70.7 Å². The zero-order chi connectivity index (χ0) is 20.1. The molecular weight excluding hydrogens is 368 g/mol. The van der Waals surface area contributed by atoms with Gasteiger partial charge in [0.05, 0.1) is 5.69 Å². The van der Waals surface area contributed by atoms with Crippen molar-refractivity contribution in [3.05, 3.63) is 48.5 Å². The van der Waals surface area contributed by atoms with Gasteiger partial charge in [0, 0.05) is 24.3 Å². The number of carbonyl (C=O) groups is 2. The standard InChI is InChI=1S/C20H21F2N3O3/c1-13(19(27)24-16-8-2-3-9-17(16)28-20(21)22)23-14-6-4-7-15(12-14)25-11-5-10-18(25)26/h2-4,6-9,12-13,20,23H,5,10-11H2,1H3,(H,24,27)/t13-/m1/s1. The highest BCUT2D eigenvalue weighted by molar-refractivity contribution is 5.98. The first-order valence-electron chi connectivity index (χ1n) is 8.95. The zero-order valence-electron chi connectivity index (χ0n) is 15.3. The summed E-state index contributed by atoms with van der Waals surface area (Å²) in [5.74, 6) is -0.431. The maximum atomic E-state index is 12.5. The van der Waals surface area contributed by atoms with Crippen molar-refractivity contribution in [2.45, 2.75) is 32.4 Å². The van der Waals surface area contributed by atoms with E-state index in [-0.39, 0.29) is 17.3 Å². The Bertz CT molecular complexity index is 860. The lowest BCUT2D eigenvalue weighted by Gasteiger charge is -2.19. The van der Waals surface area contributed by atoms with Crippen molar-refractivity contribution in [1.29, 1.82) is 0 Å². The number of amides is 2. The van der Waals surface area contributed by atoms with Gasteiger partial charge in [0.15, 0.2) is 0 Å². The average Bonchev–Trinajstić information content (AvgIpc) is 3.09. The molecule has 2 amide bonds. The minimum atomic E-state index is -2.98. The van der Waals surface area contributed by atoms with Crippen LogP contribution in [0.25, 0.3) is 0 Å². The average molecular weight is 389 g/mol. The summed E-state index contributed by atoms with van der Waals surface area (Å²) in [7, 11) is 0. The van der Waals surface area contributed by atoms with Gasteiger partial charge in [-0.15, -0.1) is 0 Å². The van der Waals surface area contributed by atoms with Crippen LogP contribution in [0.5, 0.6) is 5.75 Å². The number of benzene rings is 2. The minimum Gasteiger partial charge on any atom is -0.433 e. The molecule has 2 aromatic rings. The van der Waals surface area contributed by atoms with Crippen LogP contribution < -0.4 is 20.3 Å². The summed E-state index contributed by atoms with van der Waals surface area (Å²) in [4.78, 5) is 26.1. The van der Waals surface area contributed by atoms with Gasteiger partial charge in [-0.05, 0) is 43.7 Å². The summed E-state index contributed by atoms with van der Waals surface area (Å²) in [6.45, 7) is -0.650. The number of nitrogens with zero attached hydrogens (tertiary/aromatic N) is 1. The molecule has 0 spiro atoms. The van der Waals surface area contributed by atoms with Crippen LogP contribution in [0, 0.1) is 0 Å². The highest BCUT2D eigenvalue weighted by Gasteiger charge is 2.22. The van der Waals surface area contributed by atoms with E-state index in [1.165, 1.54) is 12.1 Å². The van der Waals surface area contributed by atoms with Crippen LogP contribution in [-0.2, 0) is 9.59 Å². The third kappa shape index (κ3) is 4.76. The molecule has 0 saturated carbocycles. The van der Waals surface area contributed by atoms with Crippen molar-refractivity contribution in [3.63, 3.8) is 0 Å². The fourth-order valence-electron chi connectivity index (χ4n) is 3.01. The van der Waals surface area contributed by atoms with E-state index in [0.29, 0.717) is 18.7 Å². The first-order chi connectivity index (χ1) is 13.4. The highest BCUT2D eigenvalue weighted by atomic mass is 19.3. The molecule has 2 aromatic carbocycles. The molecule has 1 fully saturated rings. The maximum absolute atomic E-state index is 12.5. The number of rotatable bonds is 7. The Morgan fingerprint density at radius 1 is 1.18 bits per heavy atom. The first kappa shape index (κ1) is 19.6. The van der Waals surface area contributed by atoms with E-state index in [4.69, 9.17) is 0 Å². The van der Waals surface area contributed by atoms with Crippen molar-refractivity contribution >= 4 is 28.9 Å². The molecule has 1 aliphatic heterocycles. The molecule has 0 aliphatic carbocycles. The van der Waals surface area contributed by atoms with E-state index in [0.717, 1.165) is 12.1 Å². The molecule has 1 heterocycles. The fraction of sp³-hybridized carbons (Fsp3) is 0.300. The number of carbonyl (C=O) groups excluding carboxylic acids is 2. The first-order valence-corrected chi connectivity index (χ1v) is 8.95. The van der Waals surface area contributed by atoms with Gasteiger partial charge >= 0.3 is 6.61 Å². The van der Waals surface area contributed by atoms with Crippen molar-refractivity contribution < 1.29 is 23.1 Å². The van der Waals surface area contributed by atoms with Crippen molar-refractivity contribution in [2.24, 2.45) is 0 Å². The smallest absolute Gasteiger partial charge is 0.387 e. The Morgan fingerprint density at radius 2 is 1.96 bits per heavy atom. The summed E-state index contributed by atoms with van der Waals surface area (Å²) in [5.41, 5.74) is 1.62. The van der Waals surface area contributed by atoms with E-state index in [1.807, 2.05) is 6.07 Å². The number of alkyl halides is 2. The number of anilines is 3. The summed E-state index contributed by atoms with van der Waals surface area (Å²) < 4.78 is 29.4. The van der Waals surface area contributed by atoms with Crippen LogP contribution in [0.3, 0.4) is 0 Å². The molecule has 0 unspecified atom stereocenters. The lowest BCUT2D eigenvalue weighted by molar-refractivity contribution is -0.117. The number of hydrogen-bond acceptors (Lipinski definition) is 4. The van der Waals surface area contributed by atoms with Gasteiger partial charge in [-0.2, -0.15) is 8.78 Å². The number of ether oxygens (including phenoxy) is 1. The molecule has 1 aliphatic rings. The molecule has 148 valence electrons. The summed E-state index contributed by atoms with van der Waals surface area (Å²) in [5, 5.41) is 5.65. The summed E-state index contributed by atoms with van der Waals surface area (Å²) in [6, 6.07) is 12.6. The van der Waals surface area contributed by atoms with E-state index in [2.05, 4.69) is 15.4 Å². The third-order valence-electron chi connectivity index (χ3n) is 4.37. The lowest BCUT2D eigenvalue weighted by Crippen LogP contribution is -2.32. The highest BCUT2D eigenvalue weighted by Crippen LogP contribution is 2.27. The van der Waals surface area contributed by atoms with Gasteiger partial charge < -0.3 is 20.3 Å². The lowest BCUT2D eigenvalue weighted by atomic mass is 10.2. The molecule has 8 heteroatoms. The van der Waals surface area contributed by atoms with E-state index < -0.39 is 18.6 Å². The van der Waals surface area contributed by atoms with Gasteiger partial charge in [-0.25, -0.2) is 0 Å². The Balaban J connectivity index is 1.66. The third-order valence-corrected chi connectivity index (χ3v) is 4.37. The van der Waals surface area contributed by atoms with Crippen molar-refractivity contribution in [1.82, 2.24) is 0 Å². The monoisotopic (exact) mass is 389 g/mol. The van der Waals surface area contributed by atoms with Crippen LogP contribution >= 0.6 is 0 Å². The number of hydrogen-bond donors (Lipinski definition) is 2. The molecule has 0 bridgehead atoms. The molecule has 2 N–H and O–H groups in total. The van der Waals surface area contributed by atoms with Crippen molar-refractivity contribution in [3.8, 4) is 5.75 Å². The fourth-order valence-corrected chi connectivity index (χ4v) is 3.01. The molecule has 3 rings (SSSR count). The van der Waals surface area contributed by atoms with Gasteiger partial charge in [-0.1, -0.05) is 18.2 Å². The van der Waals surface area contributed by atoms with Crippen LogP contribution in [0.1, 0.15) is 19.8 Å². The van der Waals surface area contributed by atoms with E-state index in [9.17, 15) is 18.4 Å². The molecule has 28 heavy (non-hydrogen) atoms. The SMILES string of the molecule is C[C@@H](Nc1cccc(N2CCCC2=O)c1)C(=O)Nc1ccccc1OC(F)F. The zero-order valence-corrected chi connectivity index (χ0v) is 15.3. The molecule has 1 saturated heterocycles. The van der Waals surface area contributed by atoms with E-state index in [1.54, 1.807) is 42.2 Å². The number of para-hydroxylation sites is 2. The predicted octanol–water partition coefficient (Wildman–Crippen LogP) is 3.85. The molecule has 6 nitrogen and oxygen atoms in total. The normalized spacial score (nSPS) is 14.9. The summed E-state index contributed by atoms with van der Waals surface area (Å²) >= 11 is 0. The number of halogens is 2. The van der Waals surface area contributed by atoms with Gasteiger partial charge in [0.1, 0.15) is 11.8 Å². The Kier molecular flexibility index (Phi) is 6.08. The van der Waals surface area contributed by atoms with Gasteiger partial charge in [0.2, 0.25) is 11.8 Å².